The number of rotatable bonds is 4. The zero-order valence-corrected chi connectivity index (χ0v) is 12.2. The summed E-state index contributed by atoms with van der Waals surface area (Å²) in [7, 11) is 0. The maximum atomic E-state index is 12.8. The van der Waals surface area contributed by atoms with Crippen LogP contribution in [0, 0.1) is 5.82 Å². The summed E-state index contributed by atoms with van der Waals surface area (Å²) >= 11 is 5.78. The highest BCUT2D eigenvalue weighted by atomic mass is 35.5. The minimum absolute atomic E-state index is 0.220. The molecule has 0 radical (unpaired) electrons. The summed E-state index contributed by atoms with van der Waals surface area (Å²) in [4.78, 5) is 11.8. The van der Waals surface area contributed by atoms with Crippen molar-refractivity contribution in [3.05, 3.63) is 70.5 Å². The summed E-state index contributed by atoms with van der Waals surface area (Å²) in [6.45, 7) is 1.75. The minimum Gasteiger partial charge on any atom is -0.273 e. The fourth-order valence-electron chi connectivity index (χ4n) is 1.73. The van der Waals surface area contributed by atoms with E-state index in [1.54, 1.807) is 43.3 Å². The van der Waals surface area contributed by atoms with Crippen LogP contribution < -0.4 is 5.43 Å². The van der Waals surface area contributed by atoms with Crippen LogP contribution in [0.4, 0.5) is 4.39 Å². The molecule has 2 aromatic rings. The first kappa shape index (κ1) is 15.2. The Labute approximate surface area is 127 Å². The molecule has 0 unspecified atom stereocenters. The standard InChI is InChI=1S/C16H14ClFN2O/c1-11(13-4-8-15(18)9-5-13)19-20-16(21)10-12-2-6-14(17)7-3-12/h2-9H,10H2,1H3,(H,20,21). The molecule has 0 aliphatic carbocycles. The van der Waals surface area contributed by atoms with Crippen molar-refractivity contribution in [2.45, 2.75) is 13.3 Å². The van der Waals surface area contributed by atoms with Gasteiger partial charge >= 0.3 is 0 Å². The third-order valence-electron chi connectivity index (χ3n) is 2.89. The van der Waals surface area contributed by atoms with Gasteiger partial charge in [-0.3, -0.25) is 4.79 Å². The molecule has 108 valence electrons. The van der Waals surface area contributed by atoms with E-state index in [1.165, 1.54) is 12.1 Å². The Morgan fingerprint density at radius 1 is 1.14 bits per heavy atom. The first-order valence-corrected chi connectivity index (χ1v) is 6.76. The van der Waals surface area contributed by atoms with E-state index in [0.717, 1.165) is 11.1 Å². The molecule has 2 rings (SSSR count). The SMILES string of the molecule is CC(=NNC(=O)Cc1ccc(Cl)cc1)c1ccc(F)cc1. The Bertz CT molecular complexity index is 651. The summed E-state index contributed by atoms with van der Waals surface area (Å²) in [6, 6.07) is 13.0. The van der Waals surface area contributed by atoms with E-state index in [-0.39, 0.29) is 18.1 Å². The van der Waals surface area contributed by atoms with E-state index < -0.39 is 0 Å². The number of benzene rings is 2. The topological polar surface area (TPSA) is 41.5 Å². The van der Waals surface area contributed by atoms with Crippen LogP contribution in [-0.2, 0) is 11.2 Å². The quantitative estimate of drug-likeness (QED) is 0.681. The predicted molar refractivity (Wildman–Crippen MR) is 81.9 cm³/mol. The minimum atomic E-state index is -0.307. The van der Waals surface area contributed by atoms with Gasteiger partial charge in [0.2, 0.25) is 5.91 Å². The van der Waals surface area contributed by atoms with Crippen molar-refractivity contribution in [1.29, 1.82) is 0 Å². The fourth-order valence-corrected chi connectivity index (χ4v) is 1.86. The van der Waals surface area contributed by atoms with E-state index in [4.69, 9.17) is 11.6 Å². The van der Waals surface area contributed by atoms with Gasteiger partial charge in [-0.2, -0.15) is 5.10 Å². The molecule has 1 amide bonds. The van der Waals surface area contributed by atoms with Crippen LogP contribution in [0.5, 0.6) is 0 Å². The van der Waals surface area contributed by atoms with E-state index >= 15 is 0 Å². The predicted octanol–water partition coefficient (Wildman–Crippen LogP) is 3.56. The van der Waals surface area contributed by atoms with Gasteiger partial charge in [-0.05, 0) is 42.3 Å². The molecule has 3 nitrogen and oxygen atoms in total. The summed E-state index contributed by atoms with van der Waals surface area (Å²) in [5.74, 6) is -0.530. The molecule has 0 aromatic heterocycles. The van der Waals surface area contributed by atoms with Crippen LogP contribution in [0.2, 0.25) is 5.02 Å². The zero-order valence-electron chi connectivity index (χ0n) is 11.4. The third-order valence-corrected chi connectivity index (χ3v) is 3.14. The molecule has 1 N–H and O–H groups in total. The Morgan fingerprint density at radius 3 is 2.38 bits per heavy atom. The highest BCUT2D eigenvalue weighted by molar-refractivity contribution is 6.30. The van der Waals surface area contributed by atoms with Gasteiger partial charge in [0, 0.05) is 5.02 Å². The van der Waals surface area contributed by atoms with Gasteiger partial charge in [0.05, 0.1) is 12.1 Å². The van der Waals surface area contributed by atoms with Gasteiger partial charge < -0.3 is 0 Å². The van der Waals surface area contributed by atoms with Gasteiger partial charge in [-0.25, -0.2) is 9.82 Å². The maximum Gasteiger partial charge on any atom is 0.244 e. The monoisotopic (exact) mass is 304 g/mol. The molecule has 0 saturated carbocycles. The fraction of sp³-hybridized carbons (Fsp3) is 0.125. The lowest BCUT2D eigenvalue weighted by Crippen LogP contribution is -2.21. The number of nitrogens with zero attached hydrogens (tertiary/aromatic N) is 1. The Balaban J connectivity index is 1.94. The van der Waals surface area contributed by atoms with Crippen molar-refractivity contribution in [2.24, 2.45) is 5.10 Å². The molecule has 0 atom stereocenters. The number of nitrogens with one attached hydrogen (secondary N) is 1. The van der Waals surface area contributed by atoms with Crippen molar-refractivity contribution in [3.63, 3.8) is 0 Å². The van der Waals surface area contributed by atoms with Gasteiger partial charge in [0.15, 0.2) is 0 Å². The Kier molecular flexibility index (Phi) is 5.06. The second-order valence-corrected chi connectivity index (χ2v) is 4.98. The highest BCUT2D eigenvalue weighted by Crippen LogP contribution is 2.10. The number of hydrogen-bond donors (Lipinski definition) is 1. The van der Waals surface area contributed by atoms with Crippen molar-refractivity contribution < 1.29 is 9.18 Å². The molecule has 0 aliphatic heterocycles. The van der Waals surface area contributed by atoms with Crippen LogP contribution in [0.3, 0.4) is 0 Å². The lowest BCUT2D eigenvalue weighted by atomic mass is 10.1. The van der Waals surface area contributed by atoms with Crippen molar-refractivity contribution in [2.75, 3.05) is 0 Å². The van der Waals surface area contributed by atoms with Gasteiger partial charge in [0.1, 0.15) is 5.82 Å². The number of carbonyl (C=O) groups excluding carboxylic acids is 1. The van der Waals surface area contributed by atoms with E-state index in [1.807, 2.05) is 0 Å². The van der Waals surface area contributed by atoms with Crippen LogP contribution in [-0.4, -0.2) is 11.6 Å². The molecule has 0 saturated heterocycles. The molecule has 0 fully saturated rings. The largest absolute Gasteiger partial charge is 0.273 e. The van der Waals surface area contributed by atoms with Crippen molar-refractivity contribution >= 4 is 23.2 Å². The highest BCUT2D eigenvalue weighted by Gasteiger charge is 2.03. The second-order valence-electron chi connectivity index (χ2n) is 4.54. The average molecular weight is 305 g/mol. The van der Waals surface area contributed by atoms with Gasteiger partial charge in [-0.15, -0.1) is 0 Å². The summed E-state index contributed by atoms with van der Waals surface area (Å²) in [5, 5.41) is 4.64. The Hall–Kier alpha value is -2.20. The molecular weight excluding hydrogens is 291 g/mol. The second kappa shape index (κ2) is 6.99. The lowest BCUT2D eigenvalue weighted by molar-refractivity contribution is -0.120. The molecule has 0 aliphatic rings. The summed E-state index contributed by atoms with van der Waals surface area (Å²) in [6.07, 6.45) is 0.220. The summed E-state index contributed by atoms with van der Waals surface area (Å²) < 4.78 is 12.8. The lowest BCUT2D eigenvalue weighted by Gasteiger charge is -2.03. The first-order chi connectivity index (χ1) is 10.0. The molecule has 21 heavy (non-hydrogen) atoms. The van der Waals surface area contributed by atoms with Crippen molar-refractivity contribution in [3.8, 4) is 0 Å². The van der Waals surface area contributed by atoms with E-state index in [2.05, 4.69) is 10.5 Å². The molecule has 5 heteroatoms. The van der Waals surface area contributed by atoms with Crippen LogP contribution in [0.1, 0.15) is 18.1 Å². The third kappa shape index (κ3) is 4.68. The number of carbonyl (C=O) groups is 1. The van der Waals surface area contributed by atoms with E-state index in [9.17, 15) is 9.18 Å². The number of amides is 1. The number of hydrazone groups is 1. The average Bonchev–Trinajstić information content (AvgIpc) is 2.48. The molecular formula is C16H14ClFN2O. The first-order valence-electron chi connectivity index (χ1n) is 6.38. The van der Waals surface area contributed by atoms with Crippen molar-refractivity contribution in [1.82, 2.24) is 5.43 Å². The Morgan fingerprint density at radius 2 is 1.76 bits per heavy atom. The summed E-state index contributed by atoms with van der Waals surface area (Å²) in [5.41, 5.74) is 4.70. The van der Waals surface area contributed by atoms with Crippen LogP contribution in [0.15, 0.2) is 53.6 Å². The maximum absolute atomic E-state index is 12.8. The molecule has 0 bridgehead atoms. The smallest absolute Gasteiger partial charge is 0.244 e. The van der Waals surface area contributed by atoms with Crippen LogP contribution >= 0.6 is 11.6 Å². The number of hydrogen-bond acceptors (Lipinski definition) is 2. The number of halogens is 2. The normalized spacial score (nSPS) is 11.3. The molecule has 0 heterocycles. The molecule has 0 spiro atoms. The zero-order chi connectivity index (χ0) is 15.2. The van der Waals surface area contributed by atoms with E-state index in [0.29, 0.717) is 10.7 Å². The van der Waals surface area contributed by atoms with Crippen LogP contribution in [0.25, 0.3) is 0 Å². The van der Waals surface area contributed by atoms with Gasteiger partial charge in [0.25, 0.3) is 0 Å². The van der Waals surface area contributed by atoms with Gasteiger partial charge in [-0.1, -0.05) is 35.9 Å². The molecule has 2 aromatic carbocycles.